The summed E-state index contributed by atoms with van der Waals surface area (Å²) < 4.78 is 0. The van der Waals surface area contributed by atoms with Crippen LogP contribution in [0.5, 0.6) is 0 Å². The molecule has 0 saturated carbocycles. The molecule has 0 atom stereocenters. The zero-order valence-electron chi connectivity index (χ0n) is 12.1. The monoisotopic (exact) mass is 264 g/mol. The molecule has 1 N–H and O–H groups in total. The normalized spacial score (nSPS) is 13.8. The fraction of sp³-hybridized carbons (Fsp3) is 0.222. The third-order valence-electron chi connectivity index (χ3n) is 3.69. The van der Waals surface area contributed by atoms with E-state index in [1.807, 2.05) is 0 Å². The van der Waals surface area contributed by atoms with Crippen molar-refractivity contribution in [2.75, 3.05) is 16.8 Å². The lowest BCUT2D eigenvalue weighted by atomic mass is 10.1. The molecule has 1 aliphatic rings. The SMILES string of the molecule is Cc1ccc(C)c(Nc2ccc(N3C=CCC3)cc2)c1. The minimum atomic E-state index is 1.09. The second kappa shape index (κ2) is 5.41. The van der Waals surface area contributed by atoms with Crippen LogP contribution in [0.25, 0.3) is 0 Å². The number of hydrogen-bond acceptors (Lipinski definition) is 2. The number of hydrogen-bond donors (Lipinski definition) is 1. The average Bonchev–Trinajstić information content (AvgIpc) is 2.98. The highest BCUT2D eigenvalue weighted by atomic mass is 15.1. The van der Waals surface area contributed by atoms with Gasteiger partial charge in [0.15, 0.2) is 0 Å². The Balaban J connectivity index is 1.77. The van der Waals surface area contributed by atoms with Crippen LogP contribution in [0.3, 0.4) is 0 Å². The maximum atomic E-state index is 3.49. The molecule has 0 saturated heterocycles. The van der Waals surface area contributed by atoms with E-state index in [0.29, 0.717) is 0 Å². The minimum Gasteiger partial charge on any atom is -0.355 e. The first-order valence-corrected chi connectivity index (χ1v) is 7.10. The van der Waals surface area contributed by atoms with Gasteiger partial charge in [-0.05, 0) is 61.7 Å². The third-order valence-corrected chi connectivity index (χ3v) is 3.69. The standard InChI is InChI=1S/C18H20N2/c1-14-5-6-15(2)18(13-14)19-16-7-9-17(10-8-16)20-11-3-4-12-20/h3,5-11,13,19H,4,12H2,1-2H3. The molecule has 0 fully saturated rings. The van der Waals surface area contributed by atoms with Gasteiger partial charge in [0, 0.05) is 29.8 Å². The van der Waals surface area contributed by atoms with Gasteiger partial charge in [-0.1, -0.05) is 18.2 Å². The van der Waals surface area contributed by atoms with Gasteiger partial charge in [0.25, 0.3) is 0 Å². The summed E-state index contributed by atoms with van der Waals surface area (Å²) in [6, 6.07) is 15.1. The van der Waals surface area contributed by atoms with E-state index in [2.05, 4.69) is 78.8 Å². The number of benzene rings is 2. The summed E-state index contributed by atoms with van der Waals surface area (Å²) in [7, 11) is 0. The Morgan fingerprint density at radius 2 is 1.80 bits per heavy atom. The molecule has 1 heterocycles. The number of nitrogens with zero attached hydrogens (tertiary/aromatic N) is 1. The van der Waals surface area contributed by atoms with Crippen LogP contribution in [0, 0.1) is 13.8 Å². The predicted octanol–water partition coefficient (Wildman–Crippen LogP) is 4.77. The molecule has 3 rings (SSSR count). The van der Waals surface area contributed by atoms with Gasteiger partial charge in [-0.3, -0.25) is 0 Å². The van der Waals surface area contributed by atoms with Crippen LogP contribution in [0.2, 0.25) is 0 Å². The second-order valence-electron chi connectivity index (χ2n) is 5.36. The van der Waals surface area contributed by atoms with Gasteiger partial charge in [0.2, 0.25) is 0 Å². The van der Waals surface area contributed by atoms with Crippen LogP contribution < -0.4 is 10.2 Å². The number of anilines is 3. The first kappa shape index (κ1) is 12.8. The fourth-order valence-electron chi connectivity index (χ4n) is 2.47. The zero-order valence-corrected chi connectivity index (χ0v) is 12.1. The van der Waals surface area contributed by atoms with Crippen LogP contribution >= 0.6 is 0 Å². The summed E-state index contributed by atoms with van der Waals surface area (Å²) in [5, 5.41) is 3.49. The Kier molecular flexibility index (Phi) is 3.46. The molecule has 20 heavy (non-hydrogen) atoms. The van der Waals surface area contributed by atoms with E-state index in [-0.39, 0.29) is 0 Å². The molecule has 2 heteroatoms. The predicted molar refractivity (Wildman–Crippen MR) is 86.7 cm³/mol. The smallest absolute Gasteiger partial charge is 0.0416 e. The molecule has 0 amide bonds. The van der Waals surface area contributed by atoms with E-state index in [0.717, 1.165) is 18.7 Å². The molecule has 0 aliphatic carbocycles. The van der Waals surface area contributed by atoms with Crippen molar-refractivity contribution in [3.8, 4) is 0 Å². The van der Waals surface area contributed by atoms with E-state index >= 15 is 0 Å². The summed E-state index contributed by atoms with van der Waals surface area (Å²) in [4.78, 5) is 2.28. The summed E-state index contributed by atoms with van der Waals surface area (Å²) in [5.74, 6) is 0. The van der Waals surface area contributed by atoms with Gasteiger partial charge >= 0.3 is 0 Å². The van der Waals surface area contributed by atoms with Crippen molar-refractivity contribution in [3.63, 3.8) is 0 Å². The Morgan fingerprint density at radius 1 is 1.00 bits per heavy atom. The largest absolute Gasteiger partial charge is 0.355 e. The molecule has 2 aromatic rings. The maximum Gasteiger partial charge on any atom is 0.0416 e. The number of rotatable bonds is 3. The van der Waals surface area contributed by atoms with Crippen molar-refractivity contribution in [1.82, 2.24) is 0 Å². The zero-order chi connectivity index (χ0) is 13.9. The Morgan fingerprint density at radius 3 is 2.50 bits per heavy atom. The molecular formula is C18H20N2. The van der Waals surface area contributed by atoms with Crippen molar-refractivity contribution in [1.29, 1.82) is 0 Å². The van der Waals surface area contributed by atoms with Crippen molar-refractivity contribution in [3.05, 3.63) is 65.9 Å². The van der Waals surface area contributed by atoms with Gasteiger partial charge in [-0.15, -0.1) is 0 Å². The Bertz CT molecular complexity index is 626. The van der Waals surface area contributed by atoms with Crippen molar-refractivity contribution in [2.24, 2.45) is 0 Å². The van der Waals surface area contributed by atoms with Gasteiger partial charge in [-0.25, -0.2) is 0 Å². The number of aryl methyl sites for hydroxylation is 2. The molecule has 1 aliphatic heterocycles. The Labute approximate surface area is 120 Å². The van der Waals surface area contributed by atoms with E-state index in [4.69, 9.17) is 0 Å². The van der Waals surface area contributed by atoms with Crippen LogP contribution in [0.1, 0.15) is 17.5 Å². The Hall–Kier alpha value is -2.22. The van der Waals surface area contributed by atoms with E-state index in [9.17, 15) is 0 Å². The van der Waals surface area contributed by atoms with Crippen molar-refractivity contribution >= 4 is 17.1 Å². The van der Waals surface area contributed by atoms with E-state index < -0.39 is 0 Å². The van der Waals surface area contributed by atoms with Crippen LogP contribution in [0.4, 0.5) is 17.1 Å². The maximum absolute atomic E-state index is 3.49. The third kappa shape index (κ3) is 2.69. The van der Waals surface area contributed by atoms with E-state index in [1.54, 1.807) is 0 Å². The molecule has 0 aromatic heterocycles. The first-order valence-electron chi connectivity index (χ1n) is 7.10. The fourth-order valence-corrected chi connectivity index (χ4v) is 2.47. The molecular weight excluding hydrogens is 244 g/mol. The first-order chi connectivity index (χ1) is 9.72. The second-order valence-corrected chi connectivity index (χ2v) is 5.36. The molecule has 102 valence electrons. The van der Waals surface area contributed by atoms with Crippen LogP contribution in [0.15, 0.2) is 54.7 Å². The average molecular weight is 264 g/mol. The van der Waals surface area contributed by atoms with Crippen LogP contribution in [-0.4, -0.2) is 6.54 Å². The molecule has 0 unspecified atom stereocenters. The molecule has 0 radical (unpaired) electrons. The quantitative estimate of drug-likeness (QED) is 0.859. The van der Waals surface area contributed by atoms with Crippen molar-refractivity contribution < 1.29 is 0 Å². The lowest BCUT2D eigenvalue weighted by Gasteiger charge is -2.16. The molecule has 2 aromatic carbocycles. The van der Waals surface area contributed by atoms with Gasteiger partial charge in [0.1, 0.15) is 0 Å². The summed E-state index contributed by atoms with van der Waals surface area (Å²) in [6.07, 6.45) is 5.51. The van der Waals surface area contributed by atoms with Crippen LogP contribution in [-0.2, 0) is 0 Å². The highest BCUT2D eigenvalue weighted by Gasteiger charge is 2.06. The van der Waals surface area contributed by atoms with Gasteiger partial charge < -0.3 is 10.2 Å². The highest BCUT2D eigenvalue weighted by molar-refractivity contribution is 5.66. The molecule has 0 bridgehead atoms. The summed E-state index contributed by atoms with van der Waals surface area (Å²) in [6.45, 7) is 5.34. The van der Waals surface area contributed by atoms with Gasteiger partial charge in [0.05, 0.1) is 0 Å². The van der Waals surface area contributed by atoms with Gasteiger partial charge in [-0.2, -0.15) is 0 Å². The highest BCUT2D eigenvalue weighted by Crippen LogP contribution is 2.25. The minimum absolute atomic E-state index is 1.09. The lowest BCUT2D eigenvalue weighted by molar-refractivity contribution is 1.000. The number of nitrogens with one attached hydrogen (secondary N) is 1. The van der Waals surface area contributed by atoms with Crippen molar-refractivity contribution in [2.45, 2.75) is 20.3 Å². The molecule has 0 spiro atoms. The lowest BCUT2D eigenvalue weighted by Crippen LogP contribution is -2.11. The summed E-state index contributed by atoms with van der Waals surface area (Å²) in [5.41, 5.74) is 6.11. The topological polar surface area (TPSA) is 15.3 Å². The molecule has 2 nitrogen and oxygen atoms in total. The van der Waals surface area contributed by atoms with E-state index in [1.165, 1.54) is 22.5 Å². The summed E-state index contributed by atoms with van der Waals surface area (Å²) >= 11 is 0.